The standard InChI is InChI=1S/C13H17NO2/c1-9-3-4-11(10(2)7-9)12(15)13(14)5-6-16-8-13/h3-4,7H,5-6,8,14H2,1-2H3. The molecule has 3 nitrogen and oxygen atoms in total. The largest absolute Gasteiger partial charge is 0.379 e. The smallest absolute Gasteiger partial charge is 0.185 e. The summed E-state index contributed by atoms with van der Waals surface area (Å²) in [6.45, 7) is 4.86. The molecule has 86 valence electrons. The molecule has 0 bridgehead atoms. The summed E-state index contributed by atoms with van der Waals surface area (Å²) in [7, 11) is 0. The fourth-order valence-corrected chi connectivity index (χ4v) is 2.10. The summed E-state index contributed by atoms with van der Waals surface area (Å²) in [4.78, 5) is 12.3. The van der Waals surface area contributed by atoms with Crippen LogP contribution in [-0.4, -0.2) is 24.5 Å². The van der Waals surface area contributed by atoms with Gasteiger partial charge in [-0.2, -0.15) is 0 Å². The molecular weight excluding hydrogens is 202 g/mol. The van der Waals surface area contributed by atoms with E-state index in [1.54, 1.807) is 0 Å². The number of rotatable bonds is 2. The molecule has 2 N–H and O–H groups in total. The van der Waals surface area contributed by atoms with Gasteiger partial charge in [-0.3, -0.25) is 4.79 Å². The first-order valence-electron chi connectivity index (χ1n) is 5.52. The molecule has 3 heteroatoms. The second kappa shape index (κ2) is 4.00. The normalized spacial score (nSPS) is 24.7. The van der Waals surface area contributed by atoms with Gasteiger partial charge in [0.05, 0.1) is 6.61 Å². The molecule has 16 heavy (non-hydrogen) atoms. The van der Waals surface area contributed by atoms with Crippen molar-refractivity contribution in [3.05, 3.63) is 34.9 Å². The first-order chi connectivity index (χ1) is 7.53. The van der Waals surface area contributed by atoms with E-state index in [1.807, 2.05) is 32.0 Å². The summed E-state index contributed by atoms with van der Waals surface area (Å²) in [6.07, 6.45) is 0.610. The zero-order valence-corrected chi connectivity index (χ0v) is 9.75. The van der Waals surface area contributed by atoms with Crippen LogP contribution in [0.2, 0.25) is 0 Å². The Balaban J connectivity index is 2.33. The van der Waals surface area contributed by atoms with Crippen LogP contribution in [0.5, 0.6) is 0 Å². The van der Waals surface area contributed by atoms with Crippen molar-refractivity contribution >= 4 is 5.78 Å². The van der Waals surface area contributed by atoms with Gasteiger partial charge in [0.15, 0.2) is 5.78 Å². The maximum absolute atomic E-state index is 12.3. The van der Waals surface area contributed by atoms with Crippen LogP contribution < -0.4 is 5.73 Å². The molecule has 1 aliphatic rings. The Labute approximate surface area is 95.6 Å². The molecule has 0 spiro atoms. The number of benzene rings is 1. The van der Waals surface area contributed by atoms with Gasteiger partial charge in [-0.1, -0.05) is 23.8 Å². The number of aryl methyl sites for hydroxylation is 2. The van der Waals surface area contributed by atoms with Crippen molar-refractivity contribution in [3.63, 3.8) is 0 Å². The van der Waals surface area contributed by atoms with E-state index in [0.29, 0.717) is 19.6 Å². The third-order valence-electron chi connectivity index (χ3n) is 3.13. The highest BCUT2D eigenvalue weighted by atomic mass is 16.5. The van der Waals surface area contributed by atoms with Crippen LogP contribution >= 0.6 is 0 Å². The molecule has 1 heterocycles. The summed E-state index contributed by atoms with van der Waals surface area (Å²) >= 11 is 0. The summed E-state index contributed by atoms with van der Waals surface area (Å²) in [5, 5.41) is 0. The van der Waals surface area contributed by atoms with E-state index in [9.17, 15) is 4.79 Å². The highest BCUT2D eigenvalue weighted by Crippen LogP contribution is 2.23. The fraction of sp³-hybridized carbons (Fsp3) is 0.462. The number of hydrogen-bond acceptors (Lipinski definition) is 3. The van der Waals surface area contributed by atoms with Gasteiger partial charge < -0.3 is 10.5 Å². The van der Waals surface area contributed by atoms with E-state index in [1.165, 1.54) is 0 Å². The molecule has 0 aliphatic carbocycles. The number of carbonyl (C=O) groups is 1. The number of hydrogen-bond donors (Lipinski definition) is 1. The van der Waals surface area contributed by atoms with Gasteiger partial charge in [0.25, 0.3) is 0 Å². The molecule has 1 unspecified atom stereocenters. The SMILES string of the molecule is Cc1ccc(C(=O)C2(N)CCOC2)c(C)c1. The minimum absolute atomic E-state index is 0.00231. The molecule has 0 radical (unpaired) electrons. The van der Waals surface area contributed by atoms with Gasteiger partial charge in [-0.15, -0.1) is 0 Å². The monoisotopic (exact) mass is 219 g/mol. The lowest BCUT2D eigenvalue weighted by Gasteiger charge is -2.21. The molecule has 0 amide bonds. The topological polar surface area (TPSA) is 52.3 Å². The van der Waals surface area contributed by atoms with E-state index in [-0.39, 0.29) is 5.78 Å². The first kappa shape index (κ1) is 11.3. The van der Waals surface area contributed by atoms with Crippen molar-refractivity contribution in [1.29, 1.82) is 0 Å². The second-order valence-electron chi connectivity index (χ2n) is 4.61. The van der Waals surface area contributed by atoms with E-state index < -0.39 is 5.54 Å². The van der Waals surface area contributed by atoms with Crippen LogP contribution in [0, 0.1) is 13.8 Å². The molecule has 0 aromatic heterocycles. The zero-order valence-electron chi connectivity index (χ0n) is 9.75. The Bertz CT molecular complexity index is 420. The lowest BCUT2D eigenvalue weighted by molar-refractivity contribution is 0.0862. The minimum atomic E-state index is -0.819. The van der Waals surface area contributed by atoms with E-state index >= 15 is 0 Å². The van der Waals surface area contributed by atoms with Crippen molar-refractivity contribution in [2.75, 3.05) is 13.2 Å². The molecule has 1 aromatic rings. The van der Waals surface area contributed by atoms with E-state index in [0.717, 1.165) is 16.7 Å². The third kappa shape index (κ3) is 1.88. The van der Waals surface area contributed by atoms with Gasteiger partial charge >= 0.3 is 0 Å². The maximum Gasteiger partial charge on any atom is 0.185 e. The Morgan fingerprint density at radius 1 is 1.44 bits per heavy atom. The van der Waals surface area contributed by atoms with Gasteiger partial charge in [0, 0.05) is 12.2 Å². The van der Waals surface area contributed by atoms with Crippen LogP contribution in [0.1, 0.15) is 27.9 Å². The Kier molecular flexibility index (Phi) is 2.82. The third-order valence-corrected chi connectivity index (χ3v) is 3.13. The van der Waals surface area contributed by atoms with Crippen LogP contribution in [0.4, 0.5) is 0 Å². The highest BCUT2D eigenvalue weighted by Gasteiger charge is 2.39. The van der Waals surface area contributed by atoms with Crippen molar-refractivity contribution < 1.29 is 9.53 Å². The Morgan fingerprint density at radius 3 is 2.75 bits per heavy atom. The Hall–Kier alpha value is -1.19. The van der Waals surface area contributed by atoms with Crippen LogP contribution in [0.25, 0.3) is 0 Å². The maximum atomic E-state index is 12.3. The average molecular weight is 219 g/mol. The average Bonchev–Trinajstić information content (AvgIpc) is 2.66. The van der Waals surface area contributed by atoms with Gasteiger partial charge in [0.2, 0.25) is 0 Å². The van der Waals surface area contributed by atoms with Gasteiger partial charge in [-0.05, 0) is 25.8 Å². The molecule has 1 atom stereocenters. The lowest BCUT2D eigenvalue weighted by Crippen LogP contribution is -2.48. The van der Waals surface area contributed by atoms with Gasteiger partial charge in [-0.25, -0.2) is 0 Å². The van der Waals surface area contributed by atoms with Crippen molar-refractivity contribution in [2.24, 2.45) is 5.73 Å². The summed E-state index contributed by atoms with van der Waals surface area (Å²) in [5.41, 5.74) is 8.11. The van der Waals surface area contributed by atoms with Crippen molar-refractivity contribution in [1.82, 2.24) is 0 Å². The minimum Gasteiger partial charge on any atom is -0.379 e. The van der Waals surface area contributed by atoms with E-state index in [4.69, 9.17) is 10.5 Å². The van der Waals surface area contributed by atoms with Crippen LogP contribution in [0.15, 0.2) is 18.2 Å². The number of nitrogens with two attached hydrogens (primary N) is 1. The summed E-state index contributed by atoms with van der Waals surface area (Å²) < 4.78 is 5.22. The number of ketones is 1. The van der Waals surface area contributed by atoms with E-state index in [2.05, 4.69) is 0 Å². The van der Waals surface area contributed by atoms with Crippen molar-refractivity contribution in [2.45, 2.75) is 25.8 Å². The Morgan fingerprint density at radius 2 is 2.19 bits per heavy atom. The predicted octanol–water partition coefficient (Wildman–Crippen LogP) is 1.60. The summed E-state index contributed by atoms with van der Waals surface area (Å²) in [6, 6.07) is 5.81. The van der Waals surface area contributed by atoms with Crippen LogP contribution in [0.3, 0.4) is 0 Å². The van der Waals surface area contributed by atoms with Crippen LogP contribution in [-0.2, 0) is 4.74 Å². The predicted molar refractivity (Wildman–Crippen MR) is 62.6 cm³/mol. The molecule has 1 aliphatic heterocycles. The van der Waals surface area contributed by atoms with Crippen molar-refractivity contribution in [3.8, 4) is 0 Å². The number of Topliss-reactive ketones (excluding diaryl/α,β-unsaturated/α-hetero) is 1. The van der Waals surface area contributed by atoms with Gasteiger partial charge in [0.1, 0.15) is 5.54 Å². The summed E-state index contributed by atoms with van der Waals surface area (Å²) in [5.74, 6) is 0.00231. The first-order valence-corrected chi connectivity index (χ1v) is 5.52. The highest BCUT2D eigenvalue weighted by molar-refractivity contribution is 6.04. The molecule has 1 saturated heterocycles. The molecule has 1 fully saturated rings. The molecular formula is C13H17NO2. The fourth-order valence-electron chi connectivity index (χ4n) is 2.10. The number of ether oxygens (including phenoxy) is 1. The number of carbonyl (C=O) groups excluding carboxylic acids is 1. The second-order valence-corrected chi connectivity index (χ2v) is 4.61. The molecule has 0 saturated carbocycles. The molecule has 1 aromatic carbocycles. The zero-order chi connectivity index (χ0) is 11.8. The lowest BCUT2D eigenvalue weighted by atomic mass is 9.87. The quantitative estimate of drug-likeness (QED) is 0.769. The molecule has 2 rings (SSSR count).